The van der Waals surface area contributed by atoms with Gasteiger partial charge >= 0.3 is 5.97 Å². The molecule has 0 atom stereocenters. The quantitative estimate of drug-likeness (QED) is 0.555. The molecule has 2 aromatic carbocycles. The first-order chi connectivity index (χ1) is 13.1. The Morgan fingerprint density at radius 2 is 1.96 bits per heavy atom. The number of nitrogens with zero attached hydrogens (tertiary/aromatic N) is 1. The number of esters is 1. The molecule has 1 N–H and O–H groups in total. The van der Waals surface area contributed by atoms with E-state index in [0.717, 1.165) is 29.4 Å². The maximum atomic E-state index is 12.9. The monoisotopic (exact) mass is 366 g/mol. The molecule has 3 aromatic rings. The molecule has 0 bridgehead atoms. The highest BCUT2D eigenvalue weighted by Gasteiger charge is 2.23. The molecule has 140 valence electrons. The van der Waals surface area contributed by atoms with Crippen LogP contribution in [0.3, 0.4) is 0 Å². The van der Waals surface area contributed by atoms with Gasteiger partial charge in [-0.05, 0) is 50.3 Å². The summed E-state index contributed by atoms with van der Waals surface area (Å²) in [6.45, 7) is 1.80. The number of likely N-dealkylation sites (N-methyl/N-ethyl adjacent to an activating group) is 1. The number of carbonyl (C=O) groups is 1. The second-order valence-corrected chi connectivity index (χ2v) is 6.77. The molecule has 6 nitrogen and oxygen atoms in total. The highest BCUT2D eigenvalue weighted by molar-refractivity contribution is 5.98. The van der Waals surface area contributed by atoms with Gasteiger partial charge in [-0.15, -0.1) is 0 Å². The normalized spacial score (nSPS) is 13.1. The van der Waals surface area contributed by atoms with E-state index in [-0.39, 0.29) is 0 Å². The Labute approximate surface area is 157 Å². The fraction of sp³-hybridized carbons (Fsp3) is 0.286. The second-order valence-electron chi connectivity index (χ2n) is 6.77. The lowest BCUT2D eigenvalue weighted by Gasteiger charge is -2.20. The number of aromatic amines is 1. The third-order valence-electron chi connectivity index (χ3n) is 4.57. The number of nitrogens with one attached hydrogen (secondary N) is 1. The molecular weight excluding hydrogens is 344 g/mol. The van der Waals surface area contributed by atoms with E-state index >= 15 is 0 Å². The van der Waals surface area contributed by atoms with Crippen LogP contribution in [-0.2, 0) is 6.42 Å². The minimum Gasteiger partial charge on any atom is -0.486 e. The van der Waals surface area contributed by atoms with Crippen LogP contribution in [0.15, 0.2) is 42.6 Å². The van der Waals surface area contributed by atoms with Gasteiger partial charge in [0.1, 0.15) is 24.5 Å². The number of H-pyrrole nitrogens is 1. The van der Waals surface area contributed by atoms with Crippen LogP contribution in [0.4, 0.5) is 0 Å². The summed E-state index contributed by atoms with van der Waals surface area (Å²) in [6.07, 6.45) is 2.84. The number of ether oxygens (including phenoxy) is 3. The van der Waals surface area contributed by atoms with E-state index in [0.29, 0.717) is 36.0 Å². The Kier molecular flexibility index (Phi) is 4.73. The minimum atomic E-state index is -0.454. The van der Waals surface area contributed by atoms with Crippen LogP contribution in [0, 0.1) is 0 Å². The molecule has 0 saturated heterocycles. The Morgan fingerprint density at radius 1 is 1.15 bits per heavy atom. The number of benzene rings is 2. The molecule has 27 heavy (non-hydrogen) atoms. The van der Waals surface area contributed by atoms with Gasteiger partial charge < -0.3 is 24.1 Å². The van der Waals surface area contributed by atoms with Gasteiger partial charge in [0.05, 0.1) is 0 Å². The van der Waals surface area contributed by atoms with Gasteiger partial charge in [0.2, 0.25) is 0 Å². The molecule has 1 aromatic heterocycles. The number of hydrogen-bond acceptors (Lipinski definition) is 5. The van der Waals surface area contributed by atoms with E-state index < -0.39 is 5.97 Å². The smallest absolute Gasteiger partial charge is 0.347 e. The Hall–Kier alpha value is -2.99. The first-order valence-electron chi connectivity index (χ1n) is 8.98. The van der Waals surface area contributed by atoms with Crippen molar-refractivity contribution in [3.05, 3.63) is 53.7 Å². The number of fused-ring (bicyclic) bond motifs is 2. The number of carbonyl (C=O) groups excluding carboxylic acids is 1. The molecule has 0 aliphatic carbocycles. The summed E-state index contributed by atoms with van der Waals surface area (Å²) in [5.74, 6) is 1.11. The molecule has 0 amide bonds. The topological polar surface area (TPSA) is 63.8 Å². The summed E-state index contributed by atoms with van der Waals surface area (Å²) in [4.78, 5) is 18.2. The first-order valence-corrected chi connectivity index (χ1v) is 8.98. The van der Waals surface area contributed by atoms with E-state index in [1.54, 1.807) is 18.2 Å². The summed E-state index contributed by atoms with van der Waals surface area (Å²) >= 11 is 0. The molecule has 6 heteroatoms. The molecule has 1 aliphatic heterocycles. The van der Waals surface area contributed by atoms with E-state index in [2.05, 4.69) is 9.88 Å². The molecule has 0 radical (unpaired) electrons. The molecule has 0 fully saturated rings. The number of rotatable bonds is 5. The second kappa shape index (κ2) is 7.32. The van der Waals surface area contributed by atoms with Crippen LogP contribution in [0.5, 0.6) is 17.2 Å². The predicted molar refractivity (Wildman–Crippen MR) is 103 cm³/mol. The highest BCUT2D eigenvalue weighted by atomic mass is 16.6. The summed E-state index contributed by atoms with van der Waals surface area (Å²) in [5, 5.41) is 0.940. The third-order valence-corrected chi connectivity index (χ3v) is 4.57. The van der Waals surface area contributed by atoms with Gasteiger partial charge in [-0.3, -0.25) is 0 Å². The number of aromatic nitrogens is 1. The molecule has 1 aliphatic rings. The van der Waals surface area contributed by atoms with E-state index in [1.807, 2.05) is 38.5 Å². The predicted octanol–water partition coefficient (Wildman–Crippen LogP) is 3.26. The Bertz CT molecular complexity index is 977. The minimum absolute atomic E-state index is 0.370. The van der Waals surface area contributed by atoms with E-state index in [1.165, 1.54) is 0 Å². The maximum absolute atomic E-state index is 12.9. The van der Waals surface area contributed by atoms with Crippen molar-refractivity contribution in [2.45, 2.75) is 6.42 Å². The van der Waals surface area contributed by atoms with Crippen molar-refractivity contribution in [1.29, 1.82) is 0 Å². The van der Waals surface area contributed by atoms with Gasteiger partial charge in [0, 0.05) is 23.6 Å². The van der Waals surface area contributed by atoms with Crippen LogP contribution in [0.25, 0.3) is 10.9 Å². The van der Waals surface area contributed by atoms with Gasteiger partial charge in [-0.25, -0.2) is 4.79 Å². The van der Waals surface area contributed by atoms with Gasteiger partial charge in [-0.1, -0.05) is 12.1 Å². The van der Waals surface area contributed by atoms with Crippen LogP contribution in [0.2, 0.25) is 0 Å². The largest absolute Gasteiger partial charge is 0.486 e. The van der Waals surface area contributed by atoms with Crippen molar-refractivity contribution in [2.24, 2.45) is 0 Å². The molecule has 2 heterocycles. The van der Waals surface area contributed by atoms with Gasteiger partial charge in [0.25, 0.3) is 0 Å². The molecule has 0 unspecified atom stereocenters. The summed E-state index contributed by atoms with van der Waals surface area (Å²) < 4.78 is 17.0. The number of para-hydroxylation sites is 1. The fourth-order valence-electron chi connectivity index (χ4n) is 3.24. The van der Waals surface area contributed by atoms with Crippen molar-refractivity contribution in [3.8, 4) is 17.2 Å². The van der Waals surface area contributed by atoms with Crippen molar-refractivity contribution in [1.82, 2.24) is 9.88 Å². The molecule has 0 spiro atoms. The first kappa shape index (κ1) is 17.4. The zero-order chi connectivity index (χ0) is 18.8. The lowest BCUT2D eigenvalue weighted by molar-refractivity contribution is 0.0726. The van der Waals surface area contributed by atoms with Gasteiger partial charge in [0.15, 0.2) is 11.5 Å². The summed E-state index contributed by atoms with van der Waals surface area (Å²) in [7, 11) is 4.08. The molecule has 0 saturated carbocycles. The lowest BCUT2D eigenvalue weighted by Crippen LogP contribution is -2.19. The zero-order valence-electron chi connectivity index (χ0n) is 15.5. The van der Waals surface area contributed by atoms with Crippen LogP contribution >= 0.6 is 0 Å². The standard InChI is InChI=1S/C21H22N2O4/c1-23(2)10-9-14-13-22-16-6-4-7-17(19(14)16)27-21(24)15-5-3-8-18-20(15)26-12-11-25-18/h3-8,13,22H,9-12H2,1-2H3. The number of hydrogen-bond donors (Lipinski definition) is 1. The lowest BCUT2D eigenvalue weighted by atomic mass is 10.1. The van der Waals surface area contributed by atoms with Crippen molar-refractivity contribution < 1.29 is 19.0 Å². The summed E-state index contributed by atoms with van der Waals surface area (Å²) in [5.41, 5.74) is 2.44. The Morgan fingerprint density at radius 3 is 2.81 bits per heavy atom. The van der Waals surface area contributed by atoms with Crippen molar-refractivity contribution in [3.63, 3.8) is 0 Å². The zero-order valence-corrected chi connectivity index (χ0v) is 15.5. The van der Waals surface area contributed by atoms with E-state index in [4.69, 9.17) is 14.2 Å². The van der Waals surface area contributed by atoms with Crippen LogP contribution in [0.1, 0.15) is 15.9 Å². The van der Waals surface area contributed by atoms with Crippen LogP contribution in [-0.4, -0.2) is 49.7 Å². The van der Waals surface area contributed by atoms with Gasteiger partial charge in [-0.2, -0.15) is 0 Å². The maximum Gasteiger partial charge on any atom is 0.347 e. The van der Waals surface area contributed by atoms with Crippen molar-refractivity contribution in [2.75, 3.05) is 33.9 Å². The van der Waals surface area contributed by atoms with Crippen molar-refractivity contribution >= 4 is 16.9 Å². The average molecular weight is 366 g/mol. The third kappa shape index (κ3) is 3.48. The Balaban J connectivity index is 1.66. The summed E-state index contributed by atoms with van der Waals surface area (Å²) in [6, 6.07) is 10.9. The highest BCUT2D eigenvalue weighted by Crippen LogP contribution is 2.35. The molecular formula is C21H22N2O4. The SMILES string of the molecule is CN(C)CCc1c[nH]c2cccc(OC(=O)c3cccc4c3OCCO4)c12. The average Bonchev–Trinajstić information content (AvgIpc) is 3.10. The van der Waals surface area contributed by atoms with Crippen LogP contribution < -0.4 is 14.2 Å². The molecule has 4 rings (SSSR count). The fourth-order valence-corrected chi connectivity index (χ4v) is 3.24. The van der Waals surface area contributed by atoms with E-state index in [9.17, 15) is 4.79 Å².